The zero-order valence-corrected chi connectivity index (χ0v) is 15.0. The topological polar surface area (TPSA) is 0 Å². The predicted octanol–water partition coefficient (Wildman–Crippen LogP) is 5.09. The molecule has 0 heterocycles. The van der Waals surface area contributed by atoms with Gasteiger partial charge in [0.2, 0.25) is 0 Å². The third-order valence-electron chi connectivity index (χ3n) is 4.44. The van der Waals surface area contributed by atoms with Crippen molar-refractivity contribution in [3.8, 4) is 11.1 Å². The van der Waals surface area contributed by atoms with E-state index in [2.05, 4.69) is 78.8 Å². The summed E-state index contributed by atoms with van der Waals surface area (Å²) in [5.41, 5.74) is 7.39. The highest BCUT2D eigenvalue weighted by Crippen LogP contribution is 2.37. The van der Waals surface area contributed by atoms with Gasteiger partial charge in [-0.2, -0.15) is 0 Å². The Morgan fingerprint density at radius 3 is 0.875 bits per heavy atom. The standard InChI is InChI=1S/C14H30Si2/c1-13(2,3)15(7,8)11-12-16(9,10)14(4,5)6/h1-10H3. The van der Waals surface area contributed by atoms with Crippen molar-refractivity contribution < 1.29 is 0 Å². The van der Waals surface area contributed by atoms with Crippen molar-refractivity contribution >= 4 is 16.1 Å². The minimum Gasteiger partial charge on any atom is -0.138 e. The second kappa shape index (κ2) is 4.35. The third kappa shape index (κ3) is 3.78. The van der Waals surface area contributed by atoms with Gasteiger partial charge in [0, 0.05) is 0 Å². The van der Waals surface area contributed by atoms with Crippen LogP contribution in [0.3, 0.4) is 0 Å². The van der Waals surface area contributed by atoms with Crippen LogP contribution in [0.5, 0.6) is 0 Å². The molecule has 0 amide bonds. The van der Waals surface area contributed by atoms with Crippen LogP contribution in [0, 0.1) is 11.1 Å². The van der Waals surface area contributed by atoms with Gasteiger partial charge in [-0.3, -0.25) is 0 Å². The van der Waals surface area contributed by atoms with Crippen LogP contribution in [0.4, 0.5) is 0 Å². The van der Waals surface area contributed by atoms with E-state index in [1.165, 1.54) is 0 Å². The van der Waals surface area contributed by atoms with Crippen molar-refractivity contribution in [1.29, 1.82) is 0 Å². The van der Waals surface area contributed by atoms with Crippen molar-refractivity contribution in [3.63, 3.8) is 0 Å². The molecular weight excluding hydrogens is 224 g/mol. The molecular formula is C14H30Si2. The highest BCUT2D eigenvalue weighted by molar-refractivity contribution is 6.92. The molecule has 0 aromatic carbocycles. The van der Waals surface area contributed by atoms with Crippen LogP contribution in [-0.2, 0) is 0 Å². The molecule has 0 rings (SSSR count). The molecule has 94 valence electrons. The highest BCUT2D eigenvalue weighted by atomic mass is 28.3. The molecule has 0 unspecified atom stereocenters. The highest BCUT2D eigenvalue weighted by Gasteiger charge is 2.37. The van der Waals surface area contributed by atoms with Crippen LogP contribution in [0.15, 0.2) is 0 Å². The Kier molecular flexibility index (Phi) is 4.34. The number of hydrogen-bond acceptors (Lipinski definition) is 0. The molecule has 0 atom stereocenters. The predicted molar refractivity (Wildman–Crippen MR) is 82.2 cm³/mol. The first kappa shape index (κ1) is 16.0. The smallest absolute Gasteiger partial charge is 0.136 e. The molecule has 0 fully saturated rings. The fraction of sp³-hybridized carbons (Fsp3) is 0.857. The molecule has 0 aromatic rings. The van der Waals surface area contributed by atoms with Crippen LogP contribution < -0.4 is 0 Å². The Hall–Kier alpha value is -0.00623. The molecule has 0 aliphatic heterocycles. The van der Waals surface area contributed by atoms with Crippen LogP contribution >= 0.6 is 0 Å². The van der Waals surface area contributed by atoms with Gasteiger partial charge < -0.3 is 0 Å². The molecule has 0 N–H and O–H groups in total. The second-order valence-electron chi connectivity index (χ2n) is 8.00. The van der Waals surface area contributed by atoms with E-state index in [-0.39, 0.29) is 0 Å². The van der Waals surface area contributed by atoms with Gasteiger partial charge in [0.05, 0.1) is 0 Å². The molecule has 0 aliphatic carbocycles. The molecule has 0 saturated heterocycles. The maximum atomic E-state index is 3.70. The average molecular weight is 255 g/mol. The first-order chi connectivity index (χ1) is 6.71. The lowest BCUT2D eigenvalue weighted by Gasteiger charge is -2.35. The average Bonchev–Trinajstić information content (AvgIpc) is 1.97. The van der Waals surface area contributed by atoms with Crippen molar-refractivity contribution in [2.24, 2.45) is 0 Å². The summed E-state index contributed by atoms with van der Waals surface area (Å²) in [6, 6.07) is 0. The summed E-state index contributed by atoms with van der Waals surface area (Å²) in [5.74, 6) is 0. The number of rotatable bonds is 0. The van der Waals surface area contributed by atoms with Gasteiger partial charge in [-0.05, 0) is 10.1 Å². The molecule has 0 bridgehead atoms. The van der Waals surface area contributed by atoms with E-state index in [0.717, 1.165) is 0 Å². The second-order valence-corrected chi connectivity index (χ2v) is 18.0. The van der Waals surface area contributed by atoms with Crippen LogP contribution in [0.2, 0.25) is 36.3 Å². The Bertz CT molecular complexity index is 270. The van der Waals surface area contributed by atoms with Crippen molar-refractivity contribution in [3.05, 3.63) is 0 Å². The summed E-state index contributed by atoms with van der Waals surface area (Å²) in [7, 11) is -2.84. The first-order valence-corrected chi connectivity index (χ1v) is 12.2. The fourth-order valence-corrected chi connectivity index (χ4v) is 3.94. The summed E-state index contributed by atoms with van der Waals surface area (Å²) < 4.78 is 0. The van der Waals surface area contributed by atoms with E-state index in [1.807, 2.05) is 0 Å². The van der Waals surface area contributed by atoms with Gasteiger partial charge in [0.25, 0.3) is 0 Å². The normalized spacial score (nSPS) is 14.4. The Morgan fingerprint density at radius 1 is 0.562 bits per heavy atom. The quantitative estimate of drug-likeness (QED) is 0.417. The Balaban J connectivity index is 5.17. The van der Waals surface area contributed by atoms with Gasteiger partial charge in [0.1, 0.15) is 16.1 Å². The van der Waals surface area contributed by atoms with E-state index in [4.69, 9.17) is 0 Å². The van der Waals surface area contributed by atoms with Crippen LogP contribution in [0.25, 0.3) is 0 Å². The van der Waals surface area contributed by atoms with Gasteiger partial charge in [-0.15, -0.1) is 11.1 Å². The lowest BCUT2D eigenvalue weighted by molar-refractivity contribution is 0.728. The molecule has 0 spiro atoms. The maximum absolute atomic E-state index is 3.70. The van der Waals surface area contributed by atoms with Gasteiger partial charge >= 0.3 is 0 Å². The summed E-state index contributed by atoms with van der Waals surface area (Å²) in [6.07, 6.45) is 0. The SMILES string of the molecule is CC(C)(C)[Si](C)(C)C#C[Si](C)(C)C(C)(C)C. The number of hydrogen-bond donors (Lipinski definition) is 0. The van der Waals surface area contributed by atoms with Crippen molar-refractivity contribution in [2.45, 2.75) is 77.8 Å². The van der Waals surface area contributed by atoms with Crippen molar-refractivity contribution in [2.75, 3.05) is 0 Å². The maximum Gasteiger partial charge on any atom is 0.136 e. The van der Waals surface area contributed by atoms with E-state index in [0.29, 0.717) is 10.1 Å². The minimum atomic E-state index is -1.42. The van der Waals surface area contributed by atoms with E-state index in [9.17, 15) is 0 Å². The fourth-order valence-electron chi connectivity index (χ4n) is 0.688. The molecule has 0 aliphatic rings. The lowest BCUT2D eigenvalue weighted by atomic mass is 10.2. The van der Waals surface area contributed by atoms with Crippen LogP contribution in [-0.4, -0.2) is 16.1 Å². The molecule has 16 heavy (non-hydrogen) atoms. The summed E-state index contributed by atoms with van der Waals surface area (Å²) in [4.78, 5) is 0. The summed E-state index contributed by atoms with van der Waals surface area (Å²) in [5, 5.41) is 0.755. The largest absolute Gasteiger partial charge is 0.138 e. The molecule has 0 nitrogen and oxygen atoms in total. The molecule has 0 radical (unpaired) electrons. The summed E-state index contributed by atoms with van der Waals surface area (Å²) >= 11 is 0. The van der Waals surface area contributed by atoms with E-state index in [1.54, 1.807) is 0 Å². The first-order valence-electron chi connectivity index (χ1n) is 6.25. The van der Waals surface area contributed by atoms with E-state index >= 15 is 0 Å². The molecule has 0 aromatic heterocycles. The monoisotopic (exact) mass is 254 g/mol. The molecule has 0 saturated carbocycles. The Morgan fingerprint density at radius 2 is 0.750 bits per heavy atom. The molecule has 2 heteroatoms. The lowest BCUT2D eigenvalue weighted by Crippen LogP contribution is -2.39. The third-order valence-corrected chi connectivity index (χ3v) is 13.7. The van der Waals surface area contributed by atoms with Gasteiger partial charge in [0.15, 0.2) is 0 Å². The van der Waals surface area contributed by atoms with Gasteiger partial charge in [-0.25, -0.2) is 0 Å². The van der Waals surface area contributed by atoms with Crippen LogP contribution in [0.1, 0.15) is 41.5 Å². The zero-order chi connectivity index (χ0) is 13.4. The van der Waals surface area contributed by atoms with Crippen molar-refractivity contribution in [1.82, 2.24) is 0 Å². The minimum absolute atomic E-state index is 0.377. The zero-order valence-electron chi connectivity index (χ0n) is 13.0. The summed E-state index contributed by atoms with van der Waals surface area (Å²) in [6.45, 7) is 23.6. The van der Waals surface area contributed by atoms with Gasteiger partial charge in [-0.1, -0.05) is 67.7 Å². The Labute approximate surface area is 105 Å². The van der Waals surface area contributed by atoms with E-state index < -0.39 is 16.1 Å².